The minimum absolute atomic E-state index is 0.0264. The lowest BCUT2D eigenvalue weighted by atomic mass is 9.83. The second-order valence-corrected chi connectivity index (χ2v) is 7.95. The van der Waals surface area contributed by atoms with E-state index in [1.54, 1.807) is 30.3 Å². The highest BCUT2D eigenvalue weighted by Gasteiger charge is 2.32. The maximum Gasteiger partial charge on any atom is 0.420 e. The standard InChI is InChI=1S/C23H25F3N2O5/c24-23(25,26)18-10-11-20(27-12-18)28(19-4-2-1-3-5-19)22(31)33-14-17-8-6-16(7-9-17)13-32-15-21(29)30/h1-5,10-12,16-17H,6-9,13-15H2,(H,29,30)/t16-,17-. The SMILES string of the molecule is O=C(O)COC[C@H]1CC[C@H](COC(=O)N(c2ccccc2)c2ccc(C(F)(F)F)cn2)CC1. The molecule has 178 valence electrons. The molecule has 1 aliphatic rings. The Morgan fingerprint density at radius 3 is 2.18 bits per heavy atom. The number of carboxylic acid groups (broad SMARTS) is 1. The van der Waals surface area contributed by atoms with E-state index in [2.05, 4.69) is 4.98 Å². The van der Waals surface area contributed by atoms with E-state index in [9.17, 15) is 22.8 Å². The minimum Gasteiger partial charge on any atom is -0.480 e. The van der Waals surface area contributed by atoms with Crippen molar-refractivity contribution < 1.29 is 37.3 Å². The van der Waals surface area contributed by atoms with Gasteiger partial charge in [-0.25, -0.2) is 19.5 Å². The number of ether oxygens (including phenoxy) is 2. The monoisotopic (exact) mass is 466 g/mol. The van der Waals surface area contributed by atoms with E-state index in [4.69, 9.17) is 14.6 Å². The van der Waals surface area contributed by atoms with Gasteiger partial charge < -0.3 is 14.6 Å². The summed E-state index contributed by atoms with van der Waals surface area (Å²) in [4.78, 5) is 28.4. The van der Waals surface area contributed by atoms with Gasteiger partial charge in [-0.1, -0.05) is 18.2 Å². The zero-order chi connectivity index (χ0) is 23.8. The molecular formula is C23H25F3N2O5. The van der Waals surface area contributed by atoms with E-state index in [0.29, 0.717) is 18.5 Å². The fourth-order valence-corrected chi connectivity index (χ4v) is 3.73. The molecule has 1 aromatic heterocycles. The van der Waals surface area contributed by atoms with Crippen LogP contribution in [0.5, 0.6) is 0 Å². The number of para-hydroxylation sites is 1. The first-order valence-electron chi connectivity index (χ1n) is 10.6. The Morgan fingerprint density at radius 1 is 1.00 bits per heavy atom. The largest absolute Gasteiger partial charge is 0.480 e. The third kappa shape index (κ3) is 7.18. The van der Waals surface area contributed by atoms with E-state index in [-0.39, 0.29) is 30.9 Å². The molecule has 0 saturated heterocycles. The zero-order valence-electron chi connectivity index (χ0n) is 17.8. The lowest BCUT2D eigenvalue weighted by Crippen LogP contribution is -2.30. The summed E-state index contributed by atoms with van der Waals surface area (Å²) in [5, 5.41) is 8.63. The van der Waals surface area contributed by atoms with Crippen molar-refractivity contribution in [3.8, 4) is 0 Å². The highest BCUT2D eigenvalue weighted by atomic mass is 19.4. The molecule has 0 atom stereocenters. The summed E-state index contributed by atoms with van der Waals surface area (Å²) in [6.45, 7) is 0.247. The van der Waals surface area contributed by atoms with Crippen molar-refractivity contribution in [3.63, 3.8) is 0 Å². The number of carbonyl (C=O) groups is 2. The molecule has 33 heavy (non-hydrogen) atoms. The molecule has 1 saturated carbocycles. The first-order chi connectivity index (χ1) is 15.7. The number of anilines is 2. The van der Waals surface area contributed by atoms with E-state index >= 15 is 0 Å². The van der Waals surface area contributed by atoms with Crippen molar-refractivity contribution in [2.75, 3.05) is 24.7 Å². The van der Waals surface area contributed by atoms with Gasteiger partial charge in [0.05, 0.1) is 24.5 Å². The Bertz CT molecular complexity index is 914. The first kappa shape index (κ1) is 24.5. The molecule has 1 heterocycles. The number of aromatic nitrogens is 1. The fraction of sp³-hybridized carbons (Fsp3) is 0.435. The molecule has 1 amide bonds. The Kier molecular flexibility index (Phi) is 8.26. The Balaban J connectivity index is 1.60. The van der Waals surface area contributed by atoms with E-state index in [1.807, 2.05) is 0 Å². The van der Waals surface area contributed by atoms with Gasteiger partial charge in [0.2, 0.25) is 0 Å². The van der Waals surface area contributed by atoms with Gasteiger partial charge >= 0.3 is 18.2 Å². The molecule has 1 N–H and O–H groups in total. The lowest BCUT2D eigenvalue weighted by Gasteiger charge is -2.29. The van der Waals surface area contributed by atoms with Gasteiger partial charge in [0.25, 0.3) is 0 Å². The fourth-order valence-electron chi connectivity index (χ4n) is 3.73. The van der Waals surface area contributed by atoms with Crippen molar-refractivity contribution in [3.05, 3.63) is 54.2 Å². The number of benzene rings is 1. The molecule has 7 nitrogen and oxygen atoms in total. The van der Waals surface area contributed by atoms with Crippen LogP contribution in [-0.4, -0.2) is 42.0 Å². The van der Waals surface area contributed by atoms with Crippen molar-refractivity contribution in [2.45, 2.75) is 31.9 Å². The summed E-state index contributed by atoms with van der Waals surface area (Å²) < 4.78 is 49.3. The van der Waals surface area contributed by atoms with Crippen LogP contribution in [-0.2, 0) is 20.4 Å². The molecule has 10 heteroatoms. The van der Waals surface area contributed by atoms with Gasteiger partial charge in [-0.05, 0) is 61.8 Å². The zero-order valence-corrected chi connectivity index (χ0v) is 17.8. The molecule has 0 aliphatic heterocycles. The molecule has 0 unspecified atom stereocenters. The number of aliphatic carboxylic acids is 1. The third-order valence-electron chi connectivity index (χ3n) is 5.49. The highest BCUT2D eigenvalue weighted by molar-refractivity contribution is 5.94. The molecular weight excluding hydrogens is 441 g/mol. The maximum absolute atomic E-state index is 12.9. The number of carbonyl (C=O) groups excluding carboxylic acids is 1. The summed E-state index contributed by atoms with van der Waals surface area (Å²) in [6.07, 6.45) is -1.28. The summed E-state index contributed by atoms with van der Waals surface area (Å²) in [6, 6.07) is 10.5. The first-order valence-corrected chi connectivity index (χ1v) is 10.6. The number of alkyl halides is 3. The molecule has 0 bridgehead atoms. The van der Waals surface area contributed by atoms with Gasteiger partial charge in [-0.3, -0.25) is 0 Å². The third-order valence-corrected chi connectivity index (χ3v) is 5.49. The highest BCUT2D eigenvalue weighted by Crippen LogP contribution is 2.32. The van der Waals surface area contributed by atoms with Crippen LogP contribution in [0, 0.1) is 11.8 Å². The number of rotatable bonds is 8. The maximum atomic E-state index is 12.9. The minimum atomic E-state index is -4.53. The normalized spacial score (nSPS) is 18.5. The predicted octanol–water partition coefficient (Wildman–Crippen LogP) is 5.28. The average Bonchev–Trinajstić information content (AvgIpc) is 2.79. The average molecular weight is 466 g/mol. The van der Waals surface area contributed by atoms with Crippen LogP contribution < -0.4 is 4.90 Å². The van der Waals surface area contributed by atoms with Gasteiger partial charge in [-0.2, -0.15) is 13.2 Å². The van der Waals surface area contributed by atoms with Gasteiger partial charge in [0.15, 0.2) is 0 Å². The number of hydrogen-bond acceptors (Lipinski definition) is 5. The topological polar surface area (TPSA) is 89.0 Å². The van der Waals surface area contributed by atoms with Crippen LogP contribution in [0.1, 0.15) is 31.2 Å². The summed E-state index contributed by atoms with van der Waals surface area (Å²) in [7, 11) is 0. The lowest BCUT2D eigenvalue weighted by molar-refractivity contribution is -0.143. The van der Waals surface area contributed by atoms with Crippen molar-refractivity contribution >= 4 is 23.6 Å². The second-order valence-electron chi connectivity index (χ2n) is 7.95. The Labute approximate surface area is 189 Å². The quantitative estimate of drug-likeness (QED) is 0.569. The Morgan fingerprint density at radius 2 is 1.64 bits per heavy atom. The van der Waals surface area contributed by atoms with Crippen LogP contribution in [0.2, 0.25) is 0 Å². The molecule has 0 spiro atoms. The van der Waals surface area contributed by atoms with E-state index < -0.39 is 23.8 Å². The molecule has 3 rings (SSSR count). The van der Waals surface area contributed by atoms with Gasteiger partial charge in [0.1, 0.15) is 12.4 Å². The summed E-state index contributed by atoms with van der Waals surface area (Å²) in [5.41, 5.74) is -0.481. The molecule has 0 radical (unpaired) electrons. The number of hydrogen-bond donors (Lipinski definition) is 1. The van der Waals surface area contributed by atoms with Crippen molar-refractivity contribution in [2.24, 2.45) is 11.8 Å². The van der Waals surface area contributed by atoms with Crippen LogP contribution >= 0.6 is 0 Å². The number of pyridine rings is 1. The van der Waals surface area contributed by atoms with Crippen molar-refractivity contribution in [1.29, 1.82) is 0 Å². The molecule has 1 fully saturated rings. The number of nitrogens with zero attached hydrogens (tertiary/aromatic N) is 2. The van der Waals surface area contributed by atoms with Crippen LogP contribution in [0.4, 0.5) is 29.5 Å². The predicted molar refractivity (Wildman–Crippen MR) is 113 cm³/mol. The number of halogens is 3. The Hall–Kier alpha value is -3.14. The number of amides is 1. The van der Waals surface area contributed by atoms with Crippen LogP contribution in [0.3, 0.4) is 0 Å². The van der Waals surface area contributed by atoms with Crippen LogP contribution in [0.25, 0.3) is 0 Å². The molecule has 1 aliphatic carbocycles. The van der Waals surface area contributed by atoms with Crippen LogP contribution in [0.15, 0.2) is 48.7 Å². The van der Waals surface area contributed by atoms with Gasteiger partial charge in [-0.15, -0.1) is 0 Å². The summed E-state index contributed by atoms with van der Waals surface area (Å²) >= 11 is 0. The second kappa shape index (κ2) is 11.1. The smallest absolute Gasteiger partial charge is 0.420 e. The summed E-state index contributed by atoms with van der Waals surface area (Å²) in [5.74, 6) is -0.559. The van der Waals surface area contributed by atoms with Crippen molar-refractivity contribution in [1.82, 2.24) is 4.98 Å². The molecule has 2 aromatic rings. The van der Waals surface area contributed by atoms with E-state index in [0.717, 1.165) is 42.7 Å². The molecule has 1 aromatic carbocycles. The number of carboxylic acids is 1. The van der Waals surface area contributed by atoms with E-state index in [1.165, 1.54) is 0 Å². The van der Waals surface area contributed by atoms with Gasteiger partial charge in [0, 0.05) is 6.20 Å².